The number of guanidine groups is 1. The van der Waals surface area contributed by atoms with Gasteiger partial charge in [-0.1, -0.05) is 44.7 Å². The lowest BCUT2D eigenvalue weighted by molar-refractivity contribution is 0.0258. The van der Waals surface area contributed by atoms with Crippen LogP contribution in [0.4, 0.5) is 0 Å². The van der Waals surface area contributed by atoms with Crippen LogP contribution in [0.3, 0.4) is 0 Å². The van der Waals surface area contributed by atoms with Gasteiger partial charge >= 0.3 is 0 Å². The topological polar surface area (TPSA) is 54.9 Å². The zero-order valence-corrected chi connectivity index (χ0v) is 16.0. The normalized spacial score (nSPS) is 12.8. The lowest BCUT2D eigenvalue weighted by Crippen LogP contribution is -2.39. The van der Waals surface area contributed by atoms with Gasteiger partial charge in [-0.2, -0.15) is 0 Å². The van der Waals surface area contributed by atoms with Crippen molar-refractivity contribution < 1.29 is 9.47 Å². The molecule has 140 valence electrons. The van der Waals surface area contributed by atoms with Gasteiger partial charge < -0.3 is 20.1 Å². The summed E-state index contributed by atoms with van der Waals surface area (Å²) in [5.41, 5.74) is 1.08. The first kappa shape index (κ1) is 21.0. The number of aliphatic imine (C=N–C) groups is 1. The van der Waals surface area contributed by atoms with Crippen LogP contribution >= 0.6 is 0 Å². The highest BCUT2D eigenvalue weighted by Gasteiger charge is 2.13. The van der Waals surface area contributed by atoms with E-state index in [-0.39, 0.29) is 6.10 Å². The third kappa shape index (κ3) is 8.07. The minimum Gasteiger partial charge on any atom is -0.489 e. The van der Waals surface area contributed by atoms with Crippen LogP contribution in [0.15, 0.2) is 41.9 Å². The maximum absolute atomic E-state index is 5.78. The molecule has 1 aromatic rings. The van der Waals surface area contributed by atoms with E-state index in [0.29, 0.717) is 19.1 Å². The Kier molecular flexibility index (Phi) is 10.4. The standard InChI is InChI=1S/C20H33N3O2/c1-6-14-25-19-11-9-8-10-17(19)15-23-20(21-5)22-13-12-18(16(3)4)24-7-2/h6,8-11,16,18H,1,7,12-15H2,2-5H3,(H2,21,22,23). The van der Waals surface area contributed by atoms with Crippen LogP contribution in [0.1, 0.15) is 32.8 Å². The zero-order chi connectivity index (χ0) is 18.5. The van der Waals surface area contributed by atoms with E-state index in [2.05, 4.69) is 36.1 Å². The molecule has 0 amide bonds. The van der Waals surface area contributed by atoms with E-state index in [0.717, 1.165) is 36.8 Å². The fraction of sp³-hybridized carbons (Fsp3) is 0.550. The summed E-state index contributed by atoms with van der Waals surface area (Å²) in [4.78, 5) is 4.28. The van der Waals surface area contributed by atoms with Gasteiger partial charge in [-0.25, -0.2) is 0 Å². The first-order valence-electron chi connectivity index (χ1n) is 9.00. The van der Waals surface area contributed by atoms with Gasteiger partial charge in [-0.3, -0.25) is 4.99 Å². The smallest absolute Gasteiger partial charge is 0.191 e. The zero-order valence-electron chi connectivity index (χ0n) is 16.0. The predicted molar refractivity (Wildman–Crippen MR) is 105 cm³/mol. The molecule has 0 bridgehead atoms. The molecule has 0 radical (unpaired) electrons. The summed E-state index contributed by atoms with van der Waals surface area (Å²) in [5, 5.41) is 6.68. The molecule has 25 heavy (non-hydrogen) atoms. The Bertz CT molecular complexity index is 529. The van der Waals surface area contributed by atoms with Crippen molar-refractivity contribution in [1.29, 1.82) is 0 Å². The van der Waals surface area contributed by atoms with Crippen LogP contribution in [0.25, 0.3) is 0 Å². The van der Waals surface area contributed by atoms with E-state index < -0.39 is 0 Å². The first-order valence-corrected chi connectivity index (χ1v) is 9.00. The number of para-hydroxylation sites is 1. The van der Waals surface area contributed by atoms with E-state index >= 15 is 0 Å². The van der Waals surface area contributed by atoms with Gasteiger partial charge in [0.15, 0.2) is 5.96 Å². The monoisotopic (exact) mass is 347 g/mol. The molecule has 0 aliphatic heterocycles. The Labute approximate surface area is 152 Å². The average Bonchev–Trinajstić information content (AvgIpc) is 2.62. The van der Waals surface area contributed by atoms with Crippen molar-refractivity contribution in [3.8, 4) is 5.75 Å². The minimum atomic E-state index is 0.267. The summed E-state index contributed by atoms with van der Waals surface area (Å²) in [6, 6.07) is 7.98. The fourth-order valence-corrected chi connectivity index (χ4v) is 2.49. The molecular formula is C20H33N3O2. The molecule has 1 atom stereocenters. The molecule has 1 rings (SSSR count). The number of benzene rings is 1. The van der Waals surface area contributed by atoms with E-state index in [9.17, 15) is 0 Å². The highest BCUT2D eigenvalue weighted by Crippen LogP contribution is 2.17. The molecule has 2 N–H and O–H groups in total. The molecule has 5 heteroatoms. The van der Waals surface area contributed by atoms with Gasteiger partial charge in [-0.05, 0) is 25.3 Å². The van der Waals surface area contributed by atoms with Crippen LogP contribution in [-0.2, 0) is 11.3 Å². The maximum Gasteiger partial charge on any atom is 0.191 e. The van der Waals surface area contributed by atoms with Crippen LogP contribution in [-0.4, -0.2) is 38.9 Å². The second-order valence-corrected chi connectivity index (χ2v) is 6.09. The third-order valence-electron chi connectivity index (χ3n) is 3.84. The molecule has 0 aliphatic carbocycles. The van der Waals surface area contributed by atoms with Gasteiger partial charge in [0.1, 0.15) is 12.4 Å². The molecule has 0 saturated heterocycles. The number of ether oxygens (including phenoxy) is 2. The van der Waals surface area contributed by atoms with Gasteiger partial charge in [0.25, 0.3) is 0 Å². The van der Waals surface area contributed by atoms with E-state index in [1.165, 1.54) is 0 Å². The Morgan fingerprint density at radius 1 is 1.28 bits per heavy atom. The second kappa shape index (κ2) is 12.4. The Morgan fingerprint density at radius 3 is 2.68 bits per heavy atom. The molecule has 0 aliphatic rings. The number of hydrogen-bond acceptors (Lipinski definition) is 3. The lowest BCUT2D eigenvalue weighted by atomic mass is 10.0. The predicted octanol–water partition coefficient (Wildman–Crippen LogP) is 3.37. The van der Waals surface area contributed by atoms with Gasteiger partial charge in [0.05, 0.1) is 6.10 Å². The molecule has 1 unspecified atom stereocenters. The summed E-state index contributed by atoms with van der Waals surface area (Å²) in [7, 11) is 1.78. The van der Waals surface area contributed by atoms with Crippen molar-refractivity contribution in [2.24, 2.45) is 10.9 Å². The van der Waals surface area contributed by atoms with Crippen LogP contribution in [0.5, 0.6) is 5.75 Å². The van der Waals surface area contributed by atoms with Crippen molar-refractivity contribution in [3.63, 3.8) is 0 Å². The molecule has 0 fully saturated rings. The number of nitrogens with zero attached hydrogens (tertiary/aromatic N) is 1. The van der Waals surface area contributed by atoms with E-state index in [4.69, 9.17) is 9.47 Å². The quantitative estimate of drug-likeness (QED) is 0.366. The first-order chi connectivity index (χ1) is 12.1. The van der Waals surface area contributed by atoms with E-state index in [1.54, 1.807) is 13.1 Å². The van der Waals surface area contributed by atoms with E-state index in [1.807, 2.05) is 31.2 Å². The Hall–Kier alpha value is -2.01. The lowest BCUT2D eigenvalue weighted by Gasteiger charge is -2.21. The largest absolute Gasteiger partial charge is 0.489 e. The SMILES string of the molecule is C=CCOc1ccccc1CNC(=NC)NCCC(OCC)C(C)C. The summed E-state index contributed by atoms with van der Waals surface area (Å²) in [6.07, 6.45) is 2.96. The number of nitrogens with one attached hydrogen (secondary N) is 2. The highest BCUT2D eigenvalue weighted by atomic mass is 16.5. The van der Waals surface area contributed by atoms with Crippen molar-refractivity contribution in [1.82, 2.24) is 10.6 Å². The van der Waals surface area contributed by atoms with Crippen LogP contribution < -0.4 is 15.4 Å². The minimum absolute atomic E-state index is 0.267. The highest BCUT2D eigenvalue weighted by molar-refractivity contribution is 5.79. The third-order valence-corrected chi connectivity index (χ3v) is 3.84. The summed E-state index contributed by atoms with van der Waals surface area (Å²) in [6.45, 7) is 12.8. The van der Waals surface area contributed by atoms with Gasteiger partial charge in [0, 0.05) is 32.3 Å². The molecule has 0 aromatic heterocycles. The molecule has 0 saturated carbocycles. The second-order valence-electron chi connectivity index (χ2n) is 6.09. The summed E-state index contributed by atoms with van der Waals surface area (Å²) in [5.74, 6) is 2.14. The Morgan fingerprint density at radius 2 is 2.04 bits per heavy atom. The maximum atomic E-state index is 5.78. The average molecular weight is 348 g/mol. The summed E-state index contributed by atoms with van der Waals surface area (Å²) < 4.78 is 11.5. The van der Waals surface area contributed by atoms with Gasteiger partial charge in [-0.15, -0.1) is 0 Å². The summed E-state index contributed by atoms with van der Waals surface area (Å²) >= 11 is 0. The Balaban J connectivity index is 2.48. The van der Waals surface area contributed by atoms with Crippen molar-refractivity contribution >= 4 is 5.96 Å². The van der Waals surface area contributed by atoms with Crippen molar-refractivity contribution in [3.05, 3.63) is 42.5 Å². The molecule has 0 heterocycles. The van der Waals surface area contributed by atoms with Crippen molar-refractivity contribution in [2.45, 2.75) is 39.8 Å². The number of rotatable bonds is 11. The fourth-order valence-electron chi connectivity index (χ4n) is 2.49. The number of hydrogen-bond donors (Lipinski definition) is 2. The van der Waals surface area contributed by atoms with Crippen LogP contribution in [0, 0.1) is 5.92 Å². The molecule has 5 nitrogen and oxygen atoms in total. The van der Waals surface area contributed by atoms with Gasteiger partial charge in [0.2, 0.25) is 0 Å². The molecule has 0 spiro atoms. The molecular weight excluding hydrogens is 314 g/mol. The molecule has 1 aromatic carbocycles. The van der Waals surface area contributed by atoms with Crippen molar-refractivity contribution in [2.75, 3.05) is 26.8 Å². The van der Waals surface area contributed by atoms with Crippen LogP contribution in [0.2, 0.25) is 0 Å².